The second-order valence-electron chi connectivity index (χ2n) is 9.19. The fourth-order valence-corrected chi connectivity index (χ4v) is 5.27. The maximum Gasteiger partial charge on any atom is 0.303 e. The van der Waals surface area contributed by atoms with Crippen LogP contribution < -0.4 is 0 Å². The number of carboxylic acids is 1. The van der Waals surface area contributed by atoms with Gasteiger partial charge in [-0.2, -0.15) is 4.98 Å². The summed E-state index contributed by atoms with van der Waals surface area (Å²) in [6.07, 6.45) is 16.2. The summed E-state index contributed by atoms with van der Waals surface area (Å²) in [5, 5.41) is 10.3. The highest BCUT2D eigenvalue weighted by Gasteiger charge is 2.17. The van der Waals surface area contributed by atoms with E-state index >= 15 is 0 Å². The number of thioether (sulfide) groups is 1. The summed E-state index contributed by atoms with van der Waals surface area (Å²) in [6.45, 7) is 7.30. The van der Waals surface area contributed by atoms with Crippen molar-refractivity contribution in [1.29, 1.82) is 0 Å². The van der Waals surface area contributed by atoms with Gasteiger partial charge in [-0.3, -0.25) is 4.79 Å². The van der Waals surface area contributed by atoms with Crippen molar-refractivity contribution in [3.05, 3.63) is 11.1 Å². The number of rotatable bonds is 18. The van der Waals surface area contributed by atoms with E-state index in [1.807, 2.05) is 6.92 Å². The summed E-state index contributed by atoms with van der Waals surface area (Å²) in [5.74, 6) is 0.309. The maximum atomic E-state index is 10.5. The van der Waals surface area contributed by atoms with Crippen LogP contribution in [0.25, 0.3) is 11.2 Å². The minimum absolute atomic E-state index is 0.269. The maximum absolute atomic E-state index is 10.5. The van der Waals surface area contributed by atoms with Crippen molar-refractivity contribution in [2.75, 3.05) is 0 Å². The predicted molar refractivity (Wildman–Crippen MR) is 138 cm³/mol. The van der Waals surface area contributed by atoms with Crippen LogP contribution in [0.15, 0.2) is 5.03 Å². The molecule has 2 rings (SSSR count). The van der Waals surface area contributed by atoms with Gasteiger partial charge in [0, 0.05) is 18.2 Å². The third kappa shape index (κ3) is 10.6. The quantitative estimate of drug-likeness (QED) is 0.0979. The molecule has 6 nitrogen and oxygen atoms in total. The molecule has 0 fully saturated rings. The first kappa shape index (κ1) is 27.9. The Hall–Kier alpha value is -1.34. The van der Waals surface area contributed by atoms with Crippen molar-refractivity contribution in [1.82, 2.24) is 19.5 Å². The molecule has 0 bridgehead atoms. The predicted octanol–water partition coefficient (Wildman–Crippen LogP) is 7.83. The van der Waals surface area contributed by atoms with Crippen LogP contribution in [0.3, 0.4) is 0 Å². The van der Waals surface area contributed by atoms with E-state index in [1.54, 1.807) is 11.8 Å². The highest BCUT2D eigenvalue weighted by molar-refractivity contribution is 8.00. The molecule has 0 atom stereocenters. The Morgan fingerprint density at radius 3 is 1.91 bits per heavy atom. The number of nitrogens with zero attached hydrogens (tertiary/aromatic N) is 4. The Balaban J connectivity index is 1.58. The fraction of sp³-hybridized carbons (Fsp3) is 0.760. The molecular formula is C25H41ClN4O2S. The molecule has 0 aliphatic heterocycles. The van der Waals surface area contributed by atoms with Gasteiger partial charge >= 0.3 is 5.97 Å². The number of carbonyl (C=O) groups is 1. The molecular weight excluding hydrogens is 456 g/mol. The number of hydrogen-bond acceptors (Lipinski definition) is 5. The zero-order valence-corrected chi connectivity index (χ0v) is 22.2. The van der Waals surface area contributed by atoms with Crippen LogP contribution in [-0.2, 0) is 11.3 Å². The third-order valence-electron chi connectivity index (χ3n) is 5.85. The topological polar surface area (TPSA) is 80.9 Å². The van der Waals surface area contributed by atoms with Crippen molar-refractivity contribution in [3.8, 4) is 0 Å². The van der Waals surface area contributed by atoms with Gasteiger partial charge in [0.2, 0.25) is 5.28 Å². The van der Waals surface area contributed by atoms with Crippen molar-refractivity contribution < 1.29 is 9.90 Å². The molecule has 2 aromatic rings. The zero-order valence-electron chi connectivity index (χ0n) is 20.6. The van der Waals surface area contributed by atoms with Gasteiger partial charge in [-0.25, -0.2) is 9.97 Å². The second-order valence-corrected chi connectivity index (χ2v) is 11.1. The van der Waals surface area contributed by atoms with Crippen molar-refractivity contribution in [3.63, 3.8) is 0 Å². The molecule has 186 valence electrons. The number of aromatic nitrogens is 4. The van der Waals surface area contributed by atoms with Crippen LogP contribution in [-0.4, -0.2) is 35.8 Å². The van der Waals surface area contributed by atoms with E-state index in [0.29, 0.717) is 17.3 Å². The van der Waals surface area contributed by atoms with Gasteiger partial charge in [0.05, 0.1) is 0 Å². The Morgan fingerprint density at radius 1 is 0.879 bits per heavy atom. The molecule has 8 heteroatoms. The number of imidazole rings is 1. The Morgan fingerprint density at radius 2 is 1.39 bits per heavy atom. The van der Waals surface area contributed by atoms with Crippen LogP contribution in [0, 0.1) is 6.92 Å². The SMILES string of the molecule is Cc1nc2nc(Cl)nc(SC(C)C)c2n1CCCCCCCCCCCCCCCC(=O)O. The van der Waals surface area contributed by atoms with E-state index in [2.05, 4.69) is 33.4 Å². The van der Waals surface area contributed by atoms with Crippen LogP contribution in [0.4, 0.5) is 0 Å². The largest absolute Gasteiger partial charge is 0.481 e. The van der Waals surface area contributed by atoms with E-state index in [0.717, 1.165) is 42.2 Å². The molecule has 0 saturated carbocycles. The lowest BCUT2D eigenvalue weighted by molar-refractivity contribution is -0.137. The molecule has 0 amide bonds. The molecule has 0 aromatic carbocycles. The highest BCUT2D eigenvalue weighted by atomic mass is 35.5. The lowest BCUT2D eigenvalue weighted by Gasteiger charge is -2.11. The molecule has 0 radical (unpaired) electrons. The highest BCUT2D eigenvalue weighted by Crippen LogP contribution is 2.30. The molecule has 0 saturated heterocycles. The number of unbranched alkanes of at least 4 members (excludes halogenated alkanes) is 12. The van der Waals surface area contributed by atoms with Gasteiger partial charge < -0.3 is 9.67 Å². The Labute approximate surface area is 208 Å². The fourth-order valence-electron chi connectivity index (χ4n) is 4.16. The molecule has 0 aliphatic rings. The lowest BCUT2D eigenvalue weighted by atomic mass is 10.0. The minimum atomic E-state index is -0.671. The number of fused-ring (bicyclic) bond motifs is 1. The van der Waals surface area contributed by atoms with Crippen molar-refractivity contribution in [2.45, 2.75) is 127 Å². The summed E-state index contributed by atoms with van der Waals surface area (Å²) in [5.41, 5.74) is 1.73. The van der Waals surface area contributed by atoms with E-state index in [-0.39, 0.29) is 5.28 Å². The van der Waals surface area contributed by atoms with Crippen LogP contribution in [0.2, 0.25) is 5.28 Å². The molecule has 33 heavy (non-hydrogen) atoms. The average Bonchev–Trinajstić information content (AvgIpc) is 3.05. The number of halogens is 1. The molecule has 0 unspecified atom stereocenters. The first-order valence-corrected chi connectivity index (χ1v) is 13.9. The summed E-state index contributed by atoms with van der Waals surface area (Å²) in [4.78, 5) is 23.9. The zero-order chi connectivity index (χ0) is 24.1. The number of aliphatic carboxylic acids is 1. The number of hydrogen-bond donors (Lipinski definition) is 1. The summed E-state index contributed by atoms with van der Waals surface area (Å²) < 4.78 is 2.26. The average molecular weight is 497 g/mol. The van der Waals surface area contributed by atoms with Gasteiger partial charge in [0.25, 0.3) is 0 Å². The number of aryl methyl sites for hydroxylation is 2. The summed E-state index contributed by atoms with van der Waals surface area (Å²) in [7, 11) is 0. The van der Waals surface area contributed by atoms with Crippen molar-refractivity contribution >= 4 is 40.5 Å². The first-order chi connectivity index (χ1) is 15.9. The van der Waals surface area contributed by atoms with Gasteiger partial charge in [-0.05, 0) is 31.4 Å². The molecule has 1 N–H and O–H groups in total. The molecule has 0 spiro atoms. The minimum Gasteiger partial charge on any atom is -0.481 e. The van der Waals surface area contributed by atoms with E-state index < -0.39 is 5.97 Å². The lowest BCUT2D eigenvalue weighted by Crippen LogP contribution is -2.03. The smallest absolute Gasteiger partial charge is 0.303 e. The van der Waals surface area contributed by atoms with Gasteiger partial charge in [0.15, 0.2) is 5.65 Å². The van der Waals surface area contributed by atoms with E-state index in [1.165, 1.54) is 64.2 Å². The first-order valence-electron chi connectivity index (χ1n) is 12.7. The van der Waals surface area contributed by atoms with Gasteiger partial charge in [0.1, 0.15) is 16.4 Å². The van der Waals surface area contributed by atoms with E-state index in [4.69, 9.17) is 16.7 Å². The van der Waals surface area contributed by atoms with Gasteiger partial charge in [-0.1, -0.05) is 84.5 Å². The summed E-state index contributed by atoms with van der Waals surface area (Å²) >= 11 is 7.83. The monoisotopic (exact) mass is 496 g/mol. The standard InChI is InChI=1S/C25H41ClN4O2S/c1-19(2)33-24-22-23(28-25(26)29-24)27-20(3)30(22)18-16-14-12-10-8-6-4-5-7-9-11-13-15-17-21(31)32/h19H,4-18H2,1-3H3,(H,31,32). The number of carboxylic acid groups (broad SMARTS) is 1. The summed E-state index contributed by atoms with van der Waals surface area (Å²) in [6, 6.07) is 0. The van der Waals surface area contributed by atoms with Crippen molar-refractivity contribution in [2.24, 2.45) is 0 Å². The Kier molecular flexibility index (Phi) is 13.1. The molecule has 2 heterocycles. The van der Waals surface area contributed by atoms with E-state index in [9.17, 15) is 4.79 Å². The van der Waals surface area contributed by atoms with Gasteiger partial charge in [-0.15, -0.1) is 11.8 Å². The van der Waals surface area contributed by atoms with Crippen LogP contribution in [0.5, 0.6) is 0 Å². The normalized spacial score (nSPS) is 11.7. The molecule has 0 aliphatic carbocycles. The second kappa shape index (κ2) is 15.5. The third-order valence-corrected chi connectivity index (χ3v) is 7.00. The molecule has 2 aromatic heterocycles. The van der Waals surface area contributed by atoms with Crippen LogP contribution >= 0.6 is 23.4 Å². The van der Waals surface area contributed by atoms with Crippen LogP contribution in [0.1, 0.15) is 110 Å². The Bertz CT molecular complexity index is 857.